The summed E-state index contributed by atoms with van der Waals surface area (Å²) in [6.07, 6.45) is 1.12. The number of aliphatic hydroxyl groups is 1. The molecule has 0 radical (unpaired) electrons. The van der Waals surface area contributed by atoms with Gasteiger partial charge in [0, 0.05) is 6.08 Å². The molecule has 0 unspecified atom stereocenters. The maximum absolute atomic E-state index is 12.6. The summed E-state index contributed by atoms with van der Waals surface area (Å²) < 4.78 is 17.4. The molecule has 0 aliphatic carbocycles. The van der Waals surface area contributed by atoms with Crippen LogP contribution in [-0.2, 0) is 9.53 Å². The summed E-state index contributed by atoms with van der Waals surface area (Å²) >= 11 is 0. The summed E-state index contributed by atoms with van der Waals surface area (Å²) in [7, 11) is 0. The summed E-state index contributed by atoms with van der Waals surface area (Å²) in [4.78, 5) is 10.8. The van der Waals surface area contributed by atoms with E-state index < -0.39 is 18.2 Å². The summed E-state index contributed by atoms with van der Waals surface area (Å²) in [6.45, 7) is 0. The molecule has 1 aliphatic rings. The van der Waals surface area contributed by atoms with Gasteiger partial charge in [0.2, 0.25) is 0 Å². The predicted octanol–water partition coefficient (Wildman–Crippen LogP) is 1.34. The molecule has 1 heterocycles. The number of carbonyl (C=O) groups is 1. The predicted molar refractivity (Wildman–Crippen MR) is 50.4 cm³/mol. The molecule has 0 amide bonds. The summed E-state index contributed by atoms with van der Waals surface area (Å²) in [5.74, 6) is -0.842. The molecule has 0 bridgehead atoms. The molecule has 1 aromatic carbocycles. The maximum atomic E-state index is 12.6. The molecule has 2 atom stereocenters. The fourth-order valence-electron chi connectivity index (χ4n) is 1.41. The highest BCUT2D eigenvalue weighted by atomic mass is 19.1. The second-order valence-electron chi connectivity index (χ2n) is 3.26. The van der Waals surface area contributed by atoms with Crippen molar-refractivity contribution in [2.45, 2.75) is 12.2 Å². The van der Waals surface area contributed by atoms with Crippen LogP contribution in [0.4, 0.5) is 4.39 Å². The van der Waals surface area contributed by atoms with E-state index in [1.165, 1.54) is 36.4 Å². The van der Waals surface area contributed by atoms with Crippen LogP contribution in [0.1, 0.15) is 11.7 Å². The van der Waals surface area contributed by atoms with Gasteiger partial charge >= 0.3 is 5.97 Å². The van der Waals surface area contributed by atoms with Crippen molar-refractivity contribution in [3.05, 3.63) is 47.8 Å². The third kappa shape index (κ3) is 2.05. The highest BCUT2D eigenvalue weighted by molar-refractivity contribution is 5.84. The lowest BCUT2D eigenvalue weighted by molar-refractivity contribution is -0.142. The van der Waals surface area contributed by atoms with Gasteiger partial charge in [0.1, 0.15) is 11.9 Å². The monoisotopic (exact) mass is 208 g/mol. The first kappa shape index (κ1) is 9.86. The van der Waals surface area contributed by atoms with E-state index in [4.69, 9.17) is 4.74 Å². The van der Waals surface area contributed by atoms with Gasteiger partial charge in [-0.2, -0.15) is 0 Å². The van der Waals surface area contributed by atoms with Crippen molar-refractivity contribution >= 4 is 5.97 Å². The first-order valence-corrected chi connectivity index (χ1v) is 4.49. The third-order valence-corrected chi connectivity index (χ3v) is 2.20. The van der Waals surface area contributed by atoms with Gasteiger partial charge in [-0.05, 0) is 23.8 Å². The Labute approximate surface area is 85.8 Å². The molecule has 0 saturated carbocycles. The van der Waals surface area contributed by atoms with E-state index in [0.717, 1.165) is 0 Å². The van der Waals surface area contributed by atoms with Gasteiger partial charge in [-0.1, -0.05) is 12.1 Å². The molecule has 0 spiro atoms. The summed E-state index contributed by atoms with van der Waals surface area (Å²) in [6, 6.07) is 5.41. The molecule has 1 aliphatic heterocycles. The molecule has 1 aromatic rings. The Balaban J connectivity index is 2.14. The van der Waals surface area contributed by atoms with Crippen molar-refractivity contribution in [3.8, 4) is 0 Å². The lowest BCUT2D eigenvalue weighted by Gasteiger charge is -2.16. The average Bonchev–Trinajstić information content (AvgIpc) is 2.65. The van der Waals surface area contributed by atoms with Crippen LogP contribution in [0, 0.1) is 5.82 Å². The van der Waals surface area contributed by atoms with Gasteiger partial charge < -0.3 is 9.84 Å². The number of benzene rings is 1. The van der Waals surface area contributed by atoms with Gasteiger partial charge in [0.15, 0.2) is 6.10 Å². The van der Waals surface area contributed by atoms with E-state index in [1.807, 2.05) is 0 Å². The lowest BCUT2D eigenvalue weighted by atomic mass is 10.0. The van der Waals surface area contributed by atoms with Crippen molar-refractivity contribution in [2.75, 3.05) is 0 Å². The van der Waals surface area contributed by atoms with Crippen molar-refractivity contribution in [2.24, 2.45) is 0 Å². The SMILES string of the molecule is O=C1C=C[C@@H]([C@@H](O)c2ccc(F)cc2)O1. The van der Waals surface area contributed by atoms with E-state index in [2.05, 4.69) is 0 Å². The molecule has 3 nitrogen and oxygen atoms in total. The molecule has 0 aromatic heterocycles. The number of aliphatic hydroxyl groups excluding tert-OH is 1. The fourth-order valence-corrected chi connectivity index (χ4v) is 1.41. The first-order valence-electron chi connectivity index (χ1n) is 4.49. The lowest BCUT2D eigenvalue weighted by Crippen LogP contribution is -2.18. The summed E-state index contributed by atoms with van der Waals surface area (Å²) in [5, 5.41) is 9.78. The molecule has 78 valence electrons. The Morgan fingerprint density at radius 1 is 1.33 bits per heavy atom. The van der Waals surface area contributed by atoms with Crippen LogP contribution in [-0.4, -0.2) is 17.2 Å². The van der Waals surface area contributed by atoms with Crippen LogP contribution in [0.15, 0.2) is 36.4 Å². The number of esters is 1. The average molecular weight is 208 g/mol. The number of carbonyl (C=O) groups excluding carboxylic acids is 1. The maximum Gasteiger partial charge on any atom is 0.331 e. The van der Waals surface area contributed by atoms with Crippen LogP contribution >= 0.6 is 0 Å². The van der Waals surface area contributed by atoms with Crippen LogP contribution < -0.4 is 0 Å². The second-order valence-corrected chi connectivity index (χ2v) is 3.26. The van der Waals surface area contributed by atoms with Crippen LogP contribution in [0.2, 0.25) is 0 Å². The minimum Gasteiger partial charge on any atom is -0.452 e. The number of halogens is 1. The van der Waals surface area contributed by atoms with E-state index >= 15 is 0 Å². The Bertz CT molecular complexity index is 397. The number of hydrogen-bond acceptors (Lipinski definition) is 3. The molecular weight excluding hydrogens is 199 g/mol. The molecule has 0 saturated heterocycles. The number of ether oxygens (including phenoxy) is 1. The van der Waals surface area contributed by atoms with Gasteiger partial charge in [-0.25, -0.2) is 9.18 Å². The third-order valence-electron chi connectivity index (χ3n) is 2.20. The minimum absolute atomic E-state index is 0.370. The van der Waals surface area contributed by atoms with E-state index in [-0.39, 0.29) is 5.82 Å². The van der Waals surface area contributed by atoms with E-state index in [9.17, 15) is 14.3 Å². The largest absolute Gasteiger partial charge is 0.452 e. The topological polar surface area (TPSA) is 46.5 Å². The fraction of sp³-hybridized carbons (Fsp3) is 0.182. The van der Waals surface area contributed by atoms with Crippen molar-refractivity contribution in [1.29, 1.82) is 0 Å². The van der Waals surface area contributed by atoms with Gasteiger partial charge in [-0.3, -0.25) is 0 Å². The molecule has 0 fully saturated rings. The highest BCUT2D eigenvalue weighted by Crippen LogP contribution is 2.23. The summed E-state index contributed by atoms with van der Waals surface area (Å²) in [5.41, 5.74) is 0.515. The van der Waals surface area contributed by atoms with E-state index in [0.29, 0.717) is 5.56 Å². The Kier molecular flexibility index (Phi) is 2.51. The zero-order valence-electron chi connectivity index (χ0n) is 7.76. The molecular formula is C11H9FO3. The van der Waals surface area contributed by atoms with Crippen molar-refractivity contribution in [3.63, 3.8) is 0 Å². The Morgan fingerprint density at radius 2 is 2.00 bits per heavy atom. The van der Waals surface area contributed by atoms with E-state index in [1.54, 1.807) is 0 Å². The molecule has 2 rings (SSSR count). The molecule has 1 N–H and O–H groups in total. The molecule has 4 heteroatoms. The van der Waals surface area contributed by atoms with Crippen LogP contribution in [0.3, 0.4) is 0 Å². The molecule has 15 heavy (non-hydrogen) atoms. The zero-order chi connectivity index (χ0) is 10.8. The number of hydrogen-bond donors (Lipinski definition) is 1. The van der Waals surface area contributed by atoms with Gasteiger partial charge in [0.05, 0.1) is 0 Å². The van der Waals surface area contributed by atoms with Crippen LogP contribution in [0.5, 0.6) is 0 Å². The highest BCUT2D eigenvalue weighted by Gasteiger charge is 2.25. The Morgan fingerprint density at radius 3 is 2.53 bits per heavy atom. The standard InChI is InChI=1S/C11H9FO3/c12-8-3-1-7(2-4-8)11(14)9-5-6-10(13)15-9/h1-6,9,11,14H/t9-,11-/m0/s1. The first-order chi connectivity index (χ1) is 7.16. The van der Waals surface area contributed by atoms with Gasteiger partial charge in [-0.15, -0.1) is 0 Å². The quantitative estimate of drug-likeness (QED) is 0.746. The van der Waals surface area contributed by atoms with Gasteiger partial charge in [0.25, 0.3) is 0 Å². The minimum atomic E-state index is -0.951. The number of cyclic esters (lactones) is 1. The normalized spacial score (nSPS) is 21.5. The van der Waals surface area contributed by atoms with Crippen molar-refractivity contribution < 1.29 is 19.0 Å². The number of rotatable bonds is 2. The second kappa shape index (κ2) is 3.82. The smallest absolute Gasteiger partial charge is 0.331 e. The Hall–Kier alpha value is -1.68. The zero-order valence-corrected chi connectivity index (χ0v) is 7.76. The van der Waals surface area contributed by atoms with Crippen molar-refractivity contribution in [1.82, 2.24) is 0 Å². The van der Waals surface area contributed by atoms with Crippen LogP contribution in [0.25, 0.3) is 0 Å².